The van der Waals surface area contributed by atoms with Crippen LogP contribution in [0.15, 0.2) is 53.3 Å². The van der Waals surface area contributed by atoms with Gasteiger partial charge in [-0.25, -0.2) is 0 Å². The number of amides is 3. The number of nitrogens with zero attached hydrogens (tertiary/aromatic N) is 1. The number of carbonyl (C=O) groups is 3. The summed E-state index contributed by atoms with van der Waals surface area (Å²) in [5, 5.41) is 5.27. The molecule has 3 amide bonds. The molecule has 2 aromatic rings. The smallest absolute Gasteiger partial charge is 0.239 e. The maximum Gasteiger partial charge on any atom is 0.239 e. The van der Waals surface area contributed by atoms with Crippen molar-refractivity contribution in [3.05, 3.63) is 65.7 Å². The Morgan fingerprint density at radius 2 is 1.89 bits per heavy atom. The highest BCUT2D eigenvalue weighted by atomic mass is 16.3. The molecule has 1 atom stereocenters. The fraction of sp³-hybridized carbons (Fsp3) is 0.250. The van der Waals surface area contributed by atoms with Crippen molar-refractivity contribution in [1.82, 2.24) is 15.5 Å². The predicted molar refractivity (Wildman–Crippen MR) is 98.9 cm³/mol. The van der Waals surface area contributed by atoms with Gasteiger partial charge in [-0.15, -0.1) is 0 Å². The van der Waals surface area contributed by atoms with Crippen LogP contribution in [0.25, 0.3) is 6.08 Å². The lowest BCUT2D eigenvalue weighted by Gasteiger charge is -2.32. The van der Waals surface area contributed by atoms with Crippen molar-refractivity contribution in [3.63, 3.8) is 0 Å². The molecule has 1 aliphatic rings. The minimum absolute atomic E-state index is 0.0758. The molecule has 2 heterocycles. The van der Waals surface area contributed by atoms with Gasteiger partial charge < -0.3 is 20.0 Å². The van der Waals surface area contributed by atoms with Crippen molar-refractivity contribution >= 4 is 23.8 Å². The van der Waals surface area contributed by atoms with E-state index >= 15 is 0 Å². The van der Waals surface area contributed by atoms with Crippen LogP contribution < -0.4 is 10.6 Å². The first-order chi connectivity index (χ1) is 13.0. The van der Waals surface area contributed by atoms with E-state index in [0.29, 0.717) is 5.76 Å². The highest BCUT2D eigenvalue weighted by Gasteiger charge is 2.28. The lowest BCUT2D eigenvalue weighted by Crippen LogP contribution is -2.39. The molecule has 3 rings (SSSR count). The largest absolute Gasteiger partial charge is 0.467 e. The molecule has 0 bridgehead atoms. The third-order valence-electron chi connectivity index (χ3n) is 4.33. The number of hydrogen-bond acceptors (Lipinski definition) is 4. The lowest BCUT2D eigenvalue weighted by atomic mass is 9.93. The van der Waals surface area contributed by atoms with E-state index in [2.05, 4.69) is 10.6 Å². The van der Waals surface area contributed by atoms with Crippen LogP contribution in [0.1, 0.15) is 36.3 Å². The van der Waals surface area contributed by atoms with E-state index in [1.165, 1.54) is 13.2 Å². The van der Waals surface area contributed by atoms with Crippen molar-refractivity contribution in [2.24, 2.45) is 0 Å². The van der Waals surface area contributed by atoms with Gasteiger partial charge in [-0.2, -0.15) is 0 Å². The van der Waals surface area contributed by atoms with Gasteiger partial charge in [0.2, 0.25) is 17.7 Å². The summed E-state index contributed by atoms with van der Waals surface area (Å²) < 4.78 is 5.13. The molecule has 140 valence electrons. The molecule has 0 spiro atoms. The van der Waals surface area contributed by atoms with Crippen LogP contribution in [0.4, 0.5) is 0 Å². The van der Waals surface area contributed by atoms with Crippen LogP contribution in [0.2, 0.25) is 0 Å². The minimum atomic E-state index is -0.394. The Kier molecular flexibility index (Phi) is 5.71. The van der Waals surface area contributed by atoms with E-state index in [9.17, 15) is 14.4 Å². The lowest BCUT2D eigenvalue weighted by molar-refractivity contribution is -0.131. The van der Waals surface area contributed by atoms with Gasteiger partial charge in [0.1, 0.15) is 5.76 Å². The molecular formula is C20H21N3O4. The zero-order valence-corrected chi connectivity index (χ0v) is 15.0. The maximum atomic E-state index is 12.4. The average Bonchev–Trinajstić information content (AvgIpc) is 3.18. The fourth-order valence-corrected chi connectivity index (χ4v) is 3.00. The van der Waals surface area contributed by atoms with Gasteiger partial charge in [0.05, 0.1) is 31.8 Å². The van der Waals surface area contributed by atoms with E-state index in [-0.39, 0.29) is 37.2 Å². The molecule has 0 saturated heterocycles. The van der Waals surface area contributed by atoms with E-state index in [4.69, 9.17) is 4.42 Å². The molecule has 1 aromatic carbocycles. The number of nitrogens with one attached hydrogen (secondary N) is 2. The van der Waals surface area contributed by atoms with Crippen molar-refractivity contribution in [3.8, 4) is 0 Å². The summed E-state index contributed by atoms with van der Waals surface area (Å²) in [5.41, 5.74) is 1.89. The number of fused-ring (bicyclic) bond motifs is 1. The van der Waals surface area contributed by atoms with Gasteiger partial charge in [0.15, 0.2) is 0 Å². The van der Waals surface area contributed by atoms with Crippen molar-refractivity contribution in [1.29, 1.82) is 0 Å². The fourth-order valence-electron chi connectivity index (χ4n) is 3.00. The van der Waals surface area contributed by atoms with Crippen LogP contribution >= 0.6 is 0 Å². The first kappa shape index (κ1) is 18.4. The molecule has 7 heteroatoms. The summed E-state index contributed by atoms with van der Waals surface area (Å²) in [6.45, 7) is 1.59. The molecule has 1 aromatic heterocycles. The summed E-state index contributed by atoms with van der Waals surface area (Å²) >= 11 is 0. The summed E-state index contributed by atoms with van der Waals surface area (Å²) in [7, 11) is 0. The molecule has 0 radical (unpaired) electrons. The monoisotopic (exact) mass is 367 g/mol. The number of furan rings is 1. The third kappa shape index (κ3) is 4.63. The first-order valence-electron chi connectivity index (χ1n) is 8.66. The van der Waals surface area contributed by atoms with E-state index in [1.807, 2.05) is 30.3 Å². The van der Waals surface area contributed by atoms with Crippen LogP contribution in [0, 0.1) is 0 Å². The van der Waals surface area contributed by atoms with Crippen molar-refractivity contribution in [2.45, 2.75) is 25.9 Å². The molecule has 0 aliphatic carbocycles. The van der Waals surface area contributed by atoms with Crippen molar-refractivity contribution < 1.29 is 18.8 Å². The molecule has 27 heavy (non-hydrogen) atoms. The van der Waals surface area contributed by atoms with Crippen molar-refractivity contribution in [2.75, 3.05) is 6.54 Å². The molecule has 1 aliphatic heterocycles. The predicted octanol–water partition coefficient (Wildman–Crippen LogP) is 1.98. The number of hydrogen-bond donors (Lipinski definition) is 2. The second-order valence-electron chi connectivity index (χ2n) is 6.22. The molecule has 7 nitrogen and oxygen atoms in total. The zero-order chi connectivity index (χ0) is 19.2. The molecule has 2 N–H and O–H groups in total. The van der Waals surface area contributed by atoms with Gasteiger partial charge in [-0.05, 0) is 29.3 Å². The topological polar surface area (TPSA) is 91.7 Å². The Morgan fingerprint density at radius 3 is 2.63 bits per heavy atom. The standard InChI is InChI=1S/C20H21N3O4/c1-14(24)23-9-8-15-5-2-3-7-17(15)18(23)11-19(25)22-13-20(26)21-12-16-6-4-10-27-16/h2-10,18H,11-13H2,1H3,(H,21,26)(H,22,25). The maximum absolute atomic E-state index is 12.4. The van der Waals surface area contributed by atoms with Crippen LogP contribution in [-0.4, -0.2) is 29.2 Å². The normalized spacial score (nSPS) is 15.1. The first-order valence-corrected chi connectivity index (χ1v) is 8.66. The highest BCUT2D eigenvalue weighted by molar-refractivity contribution is 5.86. The minimum Gasteiger partial charge on any atom is -0.467 e. The molecule has 0 saturated carbocycles. The van der Waals surface area contributed by atoms with E-state index < -0.39 is 6.04 Å². The Hall–Kier alpha value is -3.35. The molecule has 0 fully saturated rings. The third-order valence-corrected chi connectivity index (χ3v) is 4.33. The van der Waals surface area contributed by atoms with Gasteiger partial charge >= 0.3 is 0 Å². The highest BCUT2D eigenvalue weighted by Crippen LogP contribution is 2.32. The Bertz CT molecular complexity index is 858. The van der Waals surface area contributed by atoms with Gasteiger partial charge in [0, 0.05) is 13.1 Å². The Balaban J connectivity index is 1.56. The quantitative estimate of drug-likeness (QED) is 0.817. The number of carbonyl (C=O) groups excluding carboxylic acids is 3. The summed E-state index contributed by atoms with van der Waals surface area (Å²) in [5.74, 6) is -0.122. The Morgan fingerprint density at radius 1 is 1.07 bits per heavy atom. The second-order valence-corrected chi connectivity index (χ2v) is 6.22. The van der Waals surface area contributed by atoms with Crippen LogP contribution in [0.5, 0.6) is 0 Å². The average molecular weight is 367 g/mol. The van der Waals surface area contributed by atoms with Crippen LogP contribution in [0.3, 0.4) is 0 Å². The van der Waals surface area contributed by atoms with Crippen LogP contribution in [-0.2, 0) is 20.9 Å². The number of rotatable bonds is 6. The Labute approximate surface area is 157 Å². The van der Waals surface area contributed by atoms with Gasteiger partial charge in [0.25, 0.3) is 0 Å². The number of benzene rings is 1. The van der Waals surface area contributed by atoms with E-state index in [1.54, 1.807) is 23.2 Å². The summed E-state index contributed by atoms with van der Waals surface area (Å²) in [6, 6.07) is 10.7. The second kappa shape index (κ2) is 8.35. The SMILES string of the molecule is CC(=O)N1C=Cc2ccccc2C1CC(=O)NCC(=O)NCc1ccco1. The van der Waals surface area contributed by atoms with Gasteiger partial charge in [-0.1, -0.05) is 24.3 Å². The molecule has 1 unspecified atom stereocenters. The summed E-state index contributed by atoms with van der Waals surface area (Å²) in [6.07, 6.45) is 5.15. The molecular weight excluding hydrogens is 346 g/mol. The zero-order valence-electron chi connectivity index (χ0n) is 15.0. The summed E-state index contributed by atoms with van der Waals surface area (Å²) in [4.78, 5) is 37.7. The van der Waals surface area contributed by atoms with Gasteiger partial charge in [-0.3, -0.25) is 14.4 Å². The van der Waals surface area contributed by atoms with E-state index in [0.717, 1.165) is 11.1 Å².